The fourth-order valence-electron chi connectivity index (χ4n) is 10.4. The summed E-state index contributed by atoms with van der Waals surface area (Å²) < 4.78 is 68.0. The van der Waals surface area contributed by atoms with Crippen LogP contribution in [0.2, 0.25) is 0 Å². The molecule has 19 heteroatoms. The van der Waals surface area contributed by atoms with E-state index < -0.39 is 97.5 Å². The van der Waals surface area contributed by atoms with Crippen LogP contribution < -0.4 is 0 Å². The van der Waals surface area contributed by atoms with Gasteiger partial charge in [0.05, 0.1) is 26.4 Å². The van der Waals surface area contributed by atoms with Gasteiger partial charge in [-0.1, -0.05) is 298 Å². The number of rotatable bonds is 68. The Kier molecular flexibility index (Phi) is 59.9. The monoisotopic (exact) mass is 1300 g/mol. The highest BCUT2D eigenvalue weighted by Gasteiger charge is 2.30. The highest BCUT2D eigenvalue weighted by atomic mass is 31.2. The third-order valence-corrected chi connectivity index (χ3v) is 17.9. The van der Waals surface area contributed by atoms with Crippen molar-refractivity contribution in [1.29, 1.82) is 0 Å². The second kappa shape index (κ2) is 61.3. The second-order valence-corrected chi connectivity index (χ2v) is 28.8. The third kappa shape index (κ3) is 62.8. The maximum atomic E-state index is 13.0. The first kappa shape index (κ1) is 86.1. The lowest BCUT2D eigenvalue weighted by Crippen LogP contribution is -2.30. The standard InChI is InChI=1S/C69H134O17P2/c1-7-9-11-13-15-34-41-47-53-68(73)85-64(57-79-66(71)51-45-39-31-14-12-10-8-2)59-83-87(75,76)81-55-63(70)56-82-88(77,78)84-60-65(58-80-67(72)52-46-40-35-29-26-22-24-28-33-38-44-50-62(5)6)86-69(74)54-48-42-36-30-25-21-19-17-16-18-20-23-27-32-37-43-49-61(3)4/h61-65,70H,7-60H2,1-6H3,(H,75,76)(H,77,78)/t63-,64+,65+/m0/s1. The van der Waals surface area contributed by atoms with Gasteiger partial charge in [-0.3, -0.25) is 37.3 Å². The van der Waals surface area contributed by atoms with Crippen LogP contribution in [-0.2, 0) is 65.4 Å². The molecular weight excluding hydrogens is 1160 g/mol. The summed E-state index contributed by atoms with van der Waals surface area (Å²) in [6.45, 7) is 9.50. The summed E-state index contributed by atoms with van der Waals surface area (Å²) in [4.78, 5) is 72.2. The Balaban J connectivity index is 5.16. The molecule has 0 amide bonds. The Hall–Kier alpha value is -1.94. The van der Waals surface area contributed by atoms with Crippen LogP contribution in [0.15, 0.2) is 0 Å². The second-order valence-electron chi connectivity index (χ2n) is 25.9. The Bertz CT molecular complexity index is 1720. The molecule has 0 aliphatic carbocycles. The van der Waals surface area contributed by atoms with Gasteiger partial charge in [0.25, 0.3) is 0 Å². The van der Waals surface area contributed by atoms with Crippen molar-refractivity contribution in [2.75, 3.05) is 39.6 Å². The zero-order valence-electron chi connectivity index (χ0n) is 57.0. The van der Waals surface area contributed by atoms with E-state index in [0.29, 0.717) is 25.7 Å². The van der Waals surface area contributed by atoms with Crippen LogP contribution in [0, 0.1) is 11.8 Å². The predicted octanol–water partition coefficient (Wildman–Crippen LogP) is 19.6. The van der Waals surface area contributed by atoms with Gasteiger partial charge in [-0.05, 0) is 37.5 Å². The maximum absolute atomic E-state index is 13.0. The number of aliphatic hydroxyl groups excluding tert-OH is 1. The number of phosphoric acid groups is 2. The van der Waals surface area contributed by atoms with Gasteiger partial charge in [0.2, 0.25) is 0 Å². The zero-order valence-corrected chi connectivity index (χ0v) is 58.8. The van der Waals surface area contributed by atoms with Crippen LogP contribution in [0.25, 0.3) is 0 Å². The van der Waals surface area contributed by atoms with Gasteiger partial charge in [0.1, 0.15) is 19.3 Å². The maximum Gasteiger partial charge on any atom is 0.472 e. The molecule has 0 rings (SSSR count). The molecule has 0 spiro atoms. The van der Waals surface area contributed by atoms with Crippen molar-refractivity contribution < 1.29 is 80.2 Å². The minimum atomic E-state index is -4.95. The Morgan fingerprint density at radius 3 is 0.773 bits per heavy atom. The molecule has 0 radical (unpaired) electrons. The molecule has 3 N–H and O–H groups in total. The summed E-state index contributed by atoms with van der Waals surface area (Å²) in [5.41, 5.74) is 0. The molecule has 0 heterocycles. The minimum Gasteiger partial charge on any atom is -0.462 e. The van der Waals surface area contributed by atoms with E-state index in [1.165, 1.54) is 148 Å². The molecule has 0 fully saturated rings. The van der Waals surface area contributed by atoms with E-state index in [0.717, 1.165) is 121 Å². The average Bonchev–Trinajstić information content (AvgIpc) is 3.58. The first-order valence-electron chi connectivity index (χ1n) is 36.0. The summed E-state index contributed by atoms with van der Waals surface area (Å²) in [7, 11) is -9.89. The topological polar surface area (TPSA) is 237 Å². The number of ether oxygens (including phenoxy) is 4. The quantitative estimate of drug-likeness (QED) is 0.0222. The van der Waals surface area contributed by atoms with Crippen molar-refractivity contribution in [3.8, 4) is 0 Å². The molecule has 0 aromatic heterocycles. The van der Waals surface area contributed by atoms with Crippen LogP contribution in [0.4, 0.5) is 0 Å². The number of aliphatic hydroxyl groups is 1. The molecule has 0 aliphatic rings. The van der Waals surface area contributed by atoms with E-state index in [-0.39, 0.29) is 25.7 Å². The Morgan fingerprint density at radius 2 is 0.523 bits per heavy atom. The van der Waals surface area contributed by atoms with Gasteiger partial charge in [-0.25, -0.2) is 9.13 Å². The number of hydrogen-bond acceptors (Lipinski definition) is 15. The molecule has 17 nitrogen and oxygen atoms in total. The largest absolute Gasteiger partial charge is 0.472 e. The SMILES string of the molecule is CCCCCCCCCCC(=O)O[C@H](COC(=O)CCCCCCCCC)COP(=O)(O)OC[C@H](O)COP(=O)(O)OC[C@@H](COC(=O)CCCCCCCCCCCCCC(C)C)OC(=O)CCCCCCCCCCCCCCCCCCC(C)C. The van der Waals surface area contributed by atoms with Crippen molar-refractivity contribution in [3.05, 3.63) is 0 Å². The lowest BCUT2D eigenvalue weighted by molar-refractivity contribution is -0.161. The van der Waals surface area contributed by atoms with Crippen molar-refractivity contribution in [2.24, 2.45) is 11.8 Å². The molecule has 0 bridgehead atoms. The van der Waals surface area contributed by atoms with Crippen LogP contribution in [0.3, 0.4) is 0 Å². The smallest absolute Gasteiger partial charge is 0.462 e. The molecule has 0 aliphatic heterocycles. The first-order chi connectivity index (χ1) is 42.4. The lowest BCUT2D eigenvalue weighted by atomic mass is 10.0. The summed E-state index contributed by atoms with van der Waals surface area (Å²) in [5, 5.41) is 10.5. The molecule has 88 heavy (non-hydrogen) atoms. The van der Waals surface area contributed by atoms with Gasteiger partial charge in [0, 0.05) is 25.7 Å². The minimum absolute atomic E-state index is 0.104. The molecule has 5 atom stereocenters. The highest BCUT2D eigenvalue weighted by molar-refractivity contribution is 7.47. The normalized spacial score (nSPS) is 14.2. The zero-order chi connectivity index (χ0) is 65.0. The molecular formula is C69H134O17P2. The summed E-state index contributed by atoms with van der Waals surface area (Å²) >= 11 is 0. The number of esters is 4. The van der Waals surface area contributed by atoms with Crippen molar-refractivity contribution in [1.82, 2.24) is 0 Å². The van der Waals surface area contributed by atoms with Crippen LogP contribution in [0.5, 0.6) is 0 Å². The van der Waals surface area contributed by atoms with Crippen molar-refractivity contribution >= 4 is 39.5 Å². The number of hydrogen-bond donors (Lipinski definition) is 3. The molecule has 0 saturated carbocycles. The van der Waals surface area contributed by atoms with Crippen LogP contribution >= 0.6 is 15.6 Å². The number of carbonyl (C=O) groups excluding carboxylic acids is 4. The molecule has 0 aromatic carbocycles. The van der Waals surface area contributed by atoms with E-state index in [9.17, 15) is 43.2 Å². The van der Waals surface area contributed by atoms with Crippen LogP contribution in [-0.4, -0.2) is 96.7 Å². The van der Waals surface area contributed by atoms with Gasteiger partial charge < -0.3 is 33.8 Å². The van der Waals surface area contributed by atoms with Gasteiger partial charge in [-0.15, -0.1) is 0 Å². The lowest BCUT2D eigenvalue weighted by Gasteiger charge is -2.21. The van der Waals surface area contributed by atoms with Crippen molar-refractivity contribution in [3.63, 3.8) is 0 Å². The Labute approximate surface area is 537 Å². The van der Waals surface area contributed by atoms with Gasteiger partial charge in [0.15, 0.2) is 12.2 Å². The molecule has 0 aromatic rings. The van der Waals surface area contributed by atoms with E-state index in [4.69, 9.17) is 37.0 Å². The van der Waals surface area contributed by atoms with Crippen LogP contribution in [0.1, 0.15) is 350 Å². The average molecular weight is 1300 g/mol. The molecule has 2 unspecified atom stereocenters. The number of unbranched alkanes of at least 4 members (excludes halogenated alkanes) is 38. The third-order valence-electron chi connectivity index (χ3n) is 16.0. The molecule has 522 valence electrons. The van der Waals surface area contributed by atoms with E-state index in [1.807, 2.05) is 0 Å². The summed E-state index contributed by atoms with van der Waals surface area (Å²) in [5.74, 6) is -0.552. The fraction of sp³-hybridized carbons (Fsp3) is 0.942. The molecule has 0 saturated heterocycles. The van der Waals surface area contributed by atoms with Gasteiger partial charge in [-0.2, -0.15) is 0 Å². The summed E-state index contributed by atoms with van der Waals surface area (Å²) in [6, 6.07) is 0. The Morgan fingerprint density at radius 1 is 0.307 bits per heavy atom. The first-order valence-corrected chi connectivity index (χ1v) is 39.0. The van der Waals surface area contributed by atoms with E-state index in [1.54, 1.807) is 0 Å². The van der Waals surface area contributed by atoms with E-state index >= 15 is 0 Å². The number of carbonyl (C=O) groups is 4. The van der Waals surface area contributed by atoms with E-state index in [2.05, 4.69) is 41.5 Å². The van der Waals surface area contributed by atoms with Crippen molar-refractivity contribution in [2.45, 2.75) is 368 Å². The highest BCUT2D eigenvalue weighted by Crippen LogP contribution is 2.45. The fourth-order valence-corrected chi connectivity index (χ4v) is 12.0. The summed E-state index contributed by atoms with van der Waals surface area (Å²) in [6.07, 6.45) is 46.1. The van der Waals surface area contributed by atoms with Gasteiger partial charge >= 0.3 is 39.5 Å². The number of phosphoric ester groups is 2. The predicted molar refractivity (Wildman–Crippen MR) is 354 cm³/mol.